The average Bonchev–Trinajstić information content (AvgIpc) is 2.32. The van der Waals surface area contributed by atoms with Gasteiger partial charge in [-0.05, 0) is 27.2 Å². The van der Waals surface area contributed by atoms with Gasteiger partial charge in [0.2, 0.25) is 0 Å². The third-order valence-corrected chi connectivity index (χ3v) is 1.76. The number of rotatable bonds is 1. The van der Waals surface area contributed by atoms with Crippen molar-refractivity contribution in [1.82, 2.24) is 5.32 Å². The van der Waals surface area contributed by atoms with Crippen LogP contribution in [-0.2, 0) is 9.47 Å². The summed E-state index contributed by atoms with van der Waals surface area (Å²) in [6.45, 7) is 5.82. The molecule has 0 saturated carbocycles. The van der Waals surface area contributed by atoms with Crippen molar-refractivity contribution in [3.05, 3.63) is 0 Å². The number of aliphatic hydroxyl groups is 1. The Labute approximate surface area is 83.4 Å². The van der Waals surface area contributed by atoms with Crippen LogP contribution in [0.3, 0.4) is 0 Å². The molecule has 1 amide bonds. The first-order chi connectivity index (χ1) is 6.38. The Hall–Kier alpha value is -0.810. The van der Waals surface area contributed by atoms with E-state index in [1.165, 1.54) is 0 Å². The second kappa shape index (κ2) is 4.14. The largest absolute Gasteiger partial charge is 0.444 e. The Morgan fingerprint density at radius 1 is 1.57 bits per heavy atom. The van der Waals surface area contributed by atoms with Gasteiger partial charge in [0.15, 0.2) is 6.29 Å². The first-order valence-corrected chi connectivity index (χ1v) is 4.68. The highest BCUT2D eigenvalue weighted by atomic mass is 16.6. The molecular weight excluding hydrogens is 186 g/mol. The molecule has 0 radical (unpaired) electrons. The molecule has 1 heterocycles. The predicted molar refractivity (Wildman–Crippen MR) is 49.7 cm³/mol. The van der Waals surface area contributed by atoms with Crippen molar-refractivity contribution >= 4 is 6.09 Å². The first kappa shape index (κ1) is 11.3. The van der Waals surface area contributed by atoms with E-state index in [1.54, 1.807) is 20.8 Å². The van der Waals surface area contributed by atoms with Crippen LogP contribution in [0.25, 0.3) is 0 Å². The van der Waals surface area contributed by atoms with Crippen LogP contribution in [0.15, 0.2) is 0 Å². The van der Waals surface area contributed by atoms with E-state index in [-0.39, 0.29) is 6.04 Å². The third-order valence-electron chi connectivity index (χ3n) is 1.76. The lowest BCUT2D eigenvalue weighted by molar-refractivity contribution is -0.0723. The molecule has 2 atom stereocenters. The quantitative estimate of drug-likeness (QED) is 0.655. The molecule has 1 rings (SSSR count). The van der Waals surface area contributed by atoms with Crippen LogP contribution < -0.4 is 5.32 Å². The van der Waals surface area contributed by atoms with Crippen molar-refractivity contribution in [3.8, 4) is 0 Å². The van der Waals surface area contributed by atoms with Gasteiger partial charge < -0.3 is 19.9 Å². The van der Waals surface area contributed by atoms with Crippen molar-refractivity contribution in [2.24, 2.45) is 0 Å². The van der Waals surface area contributed by atoms with Crippen molar-refractivity contribution in [2.45, 2.75) is 45.1 Å². The van der Waals surface area contributed by atoms with Crippen molar-refractivity contribution in [2.75, 3.05) is 6.61 Å². The van der Waals surface area contributed by atoms with Crippen LogP contribution in [0.5, 0.6) is 0 Å². The maximum absolute atomic E-state index is 11.3. The smallest absolute Gasteiger partial charge is 0.408 e. The van der Waals surface area contributed by atoms with E-state index in [1.807, 2.05) is 0 Å². The number of ether oxygens (including phenoxy) is 2. The second-order valence-corrected chi connectivity index (χ2v) is 4.30. The van der Waals surface area contributed by atoms with E-state index in [2.05, 4.69) is 5.32 Å². The molecule has 0 aromatic heterocycles. The van der Waals surface area contributed by atoms with Crippen LogP contribution in [0.1, 0.15) is 27.2 Å². The number of amides is 1. The molecule has 1 aliphatic heterocycles. The number of hydrogen-bond acceptors (Lipinski definition) is 4. The Morgan fingerprint density at radius 2 is 2.21 bits per heavy atom. The van der Waals surface area contributed by atoms with Crippen LogP contribution >= 0.6 is 0 Å². The summed E-state index contributed by atoms with van der Waals surface area (Å²) in [6.07, 6.45) is -0.824. The van der Waals surface area contributed by atoms with E-state index in [0.29, 0.717) is 13.0 Å². The molecular formula is C9H17NO4. The van der Waals surface area contributed by atoms with Crippen LogP contribution in [-0.4, -0.2) is 35.7 Å². The number of hydrogen-bond donors (Lipinski definition) is 2. The molecule has 5 nitrogen and oxygen atoms in total. The SMILES string of the molecule is CC(C)(C)OC(=O)N[C@H]1CCOC1O. The summed E-state index contributed by atoms with van der Waals surface area (Å²) in [5, 5.41) is 11.8. The van der Waals surface area contributed by atoms with Crippen molar-refractivity contribution < 1.29 is 19.4 Å². The number of alkyl carbamates (subject to hydrolysis) is 1. The summed E-state index contributed by atoms with van der Waals surface area (Å²) >= 11 is 0. The molecule has 0 spiro atoms. The van der Waals surface area contributed by atoms with Crippen LogP contribution in [0.4, 0.5) is 4.79 Å². The lowest BCUT2D eigenvalue weighted by Gasteiger charge is -2.22. The third kappa shape index (κ3) is 3.51. The molecule has 0 aromatic carbocycles. The lowest BCUT2D eigenvalue weighted by atomic mass is 10.2. The molecule has 2 N–H and O–H groups in total. The van der Waals surface area contributed by atoms with Gasteiger partial charge in [-0.1, -0.05) is 0 Å². The zero-order chi connectivity index (χ0) is 10.8. The van der Waals surface area contributed by atoms with E-state index >= 15 is 0 Å². The predicted octanol–water partition coefficient (Wildman–Crippen LogP) is 0.618. The molecule has 14 heavy (non-hydrogen) atoms. The molecule has 1 aliphatic rings. The summed E-state index contributed by atoms with van der Waals surface area (Å²) in [4.78, 5) is 11.3. The number of carbonyl (C=O) groups excluding carboxylic acids is 1. The highest BCUT2D eigenvalue weighted by Gasteiger charge is 2.29. The average molecular weight is 203 g/mol. The molecule has 1 unspecified atom stereocenters. The van der Waals surface area contributed by atoms with Gasteiger partial charge in [-0.3, -0.25) is 0 Å². The maximum Gasteiger partial charge on any atom is 0.408 e. The van der Waals surface area contributed by atoms with E-state index in [4.69, 9.17) is 9.47 Å². The summed E-state index contributed by atoms with van der Waals surface area (Å²) < 4.78 is 9.91. The summed E-state index contributed by atoms with van der Waals surface area (Å²) in [5.74, 6) is 0. The minimum absolute atomic E-state index is 0.357. The van der Waals surface area contributed by atoms with Gasteiger partial charge >= 0.3 is 6.09 Å². The molecule has 1 fully saturated rings. The summed E-state index contributed by atoms with van der Waals surface area (Å²) in [6, 6.07) is -0.357. The number of aliphatic hydroxyl groups excluding tert-OH is 1. The Morgan fingerprint density at radius 3 is 2.64 bits per heavy atom. The number of carbonyl (C=O) groups is 1. The maximum atomic E-state index is 11.3. The molecule has 82 valence electrons. The zero-order valence-electron chi connectivity index (χ0n) is 8.74. The van der Waals surface area contributed by atoms with Crippen LogP contribution in [0, 0.1) is 0 Å². The zero-order valence-corrected chi connectivity index (χ0v) is 8.74. The van der Waals surface area contributed by atoms with Crippen LogP contribution in [0.2, 0.25) is 0 Å². The monoisotopic (exact) mass is 203 g/mol. The van der Waals surface area contributed by atoms with Crippen molar-refractivity contribution in [1.29, 1.82) is 0 Å². The second-order valence-electron chi connectivity index (χ2n) is 4.30. The van der Waals surface area contributed by atoms with Gasteiger partial charge in [0.1, 0.15) is 5.60 Å². The summed E-state index contributed by atoms with van der Waals surface area (Å²) in [7, 11) is 0. The highest BCUT2D eigenvalue weighted by molar-refractivity contribution is 5.68. The Kier molecular flexibility index (Phi) is 3.34. The fourth-order valence-corrected chi connectivity index (χ4v) is 1.18. The summed E-state index contributed by atoms with van der Waals surface area (Å²) in [5.41, 5.74) is -0.519. The topological polar surface area (TPSA) is 67.8 Å². The lowest BCUT2D eigenvalue weighted by Crippen LogP contribution is -2.43. The fraction of sp³-hybridized carbons (Fsp3) is 0.889. The Bertz CT molecular complexity index is 211. The molecule has 1 saturated heterocycles. The van der Waals surface area contributed by atoms with Gasteiger partial charge in [0.25, 0.3) is 0 Å². The van der Waals surface area contributed by atoms with Gasteiger partial charge in [0.05, 0.1) is 12.6 Å². The minimum Gasteiger partial charge on any atom is -0.444 e. The molecule has 5 heteroatoms. The van der Waals surface area contributed by atoms with E-state index < -0.39 is 18.0 Å². The fourth-order valence-electron chi connectivity index (χ4n) is 1.18. The molecule has 0 aliphatic carbocycles. The Balaban J connectivity index is 2.33. The standard InChI is InChI=1S/C9H17NO4/c1-9(2,3)14-8(12)10-6-4-5-13-7(6)11/h6-7,11H,4-5H2,1-3H3,(H,10,12)/t6-,7?/m0/s1. The van der Waals surface area contributed by atoms with Gasteiger partial charge in [-0.2, -0.15) is 0 Å². The van der Waals surface area contributed by atoms with E-state index in [9.17, 15) is 9.90 Å². The van der Waals surface area contributed by atoms with Gasteiger partial charge in [0, 0.05) is 0 Å². The highest BCUT2D eigenvalue weighted by Crippen LogP contribution is 2.12. The normalized spacial score (nSPS) is 27.4. The van der Waals surface area contributed by atoms with Gasteiger partial charge in [-0.15, -0.1) is 0 Å². The first-order valence-electron chi connectivity index (χ1n) is 4.68. The molecule has 0 aromatic rings. The number of nitrogens with one attached hydrogen (secondary N) is 1. The van der Waals surface area contributed by atoms with E-state index in [0.717, 1.165) is 0 Å². The molecule has 0 bridgehead atoms. The van der Waals surface area contributed by atoms with Crippen molar-refractivity contribution in [3.63, 3.8) is 0 Å². The van der Waals surface area contributed by atoms with Gasteiger partial charge in [-0.25, -0.2) is 4.79 Å². The minimum atomic E-state index is -0.914.